The third-order valence-corrected chi connectivity index (χ3v) is 4.12. The van der Waals surface area contributed by atoms with Crippen molar-refractivity contribution in [3.8, 4) is 0 Å². The zero-order chi connectivity index (χ0) is 12.1. The largest absolute Gasteiger partial charge is 0.377 e. The molecule has 2 nitrogen and oxygen atoms in total. The molecule has 0 spiro atoms. The van der Waals surface area contributed by atoms with E-state index in [2.05, 4.69) is 35.6 Å². The number of likely N-dealkylation sites (N-methyl/N-ethyl adjacent to an activating group) is 1. The summed E-state index contributed by atoms with van der Waals surface area (Å²) in [5.41, 5.74) is 1.43. The third-order valence-electron chi connectivity index (χ3n) is 4.12. The fourth-order valence-electron chi connectivity index (χ4n) is 3.07. The molecule has 1 saturated carbocycles. The van der Waals surface area contributed by atoms with Crippen LogP contribution in [0.3, 0.4) is 0 Å². The van der Waals surface area contributed by atoms with Crippen LogP contribution in [0.25, 0.3) is 0 Å². The van der Waals surface area contributed by atoms with Crippen molar-refractivity contribution in [3.05, 3.63) is 35.9 Å². The second kappa shape index (κ2) is 5.65. The molecule has 0 aromatic heterocycles. The lowest BCUT2D eigenvalue weighted by Gasteiger charge is -2.36. The van der Waals surface area contributed by atoms with Gasteiger partial charge in [0.2, 0.25) is 0 Å². The van der Waals surface area contributed by atoms with E-state index >= 15 is 0 Å². The zero-order valence-corrected chi connectivity index (χ0v) is 10.9. The Hall–Kier alpha value is -0.860. The summed E-state index contributed by atoms with van der Waals surface area (Å²) in [4.78, 5) is 0. The highest BCUT2D eigenvalue weighted by molar-refractivity contribution is 5.17. The van der Waals surface area contributed by atoms with Crippen LogP contribution in [-0.4, -0.2) is 25.8 Å². The van der Waals surface area contributed by atoms with Crippen molar-refractivity contribution in [2.75, 3.05) is 14.2 Å². The van der Waals surface area contributed by atoms with E-state index in [1.165, 1.54) is 31.2 Å². The smallest absolute Gasteiger partial charge is 0.0834 e. The normalized spacial score (nSPS) is 20.4. The molecule has 1 fully saturated rings. The molecular weight excluding hydrogens is 210 g/mol. The summed E-state index contributed by atoms with van der Waals surface area (Å²) in [6.45, 7) is 0. The van der Waals surface area contributed by atoms with Crippen molar-refractivity contribution < 1.29 is 4.74 Å². The average molecular weight is 233 g/mol. The average Bonchev–Trinajstić information content (AvgIpc) is 2.87. The summed E-state index contributed by atoms with van der Waals surface area (Å²) >= 11 is 0. The van der Waals surface area contributed by atoms with E-state index < -0.39 is 0 Å². The Balaban J connectivity index is 2.10. The molecule has 2 heteroatoms. The van der Waals surface area contributed by atoms with Gasteiger partial charge in [0, 0.05) is 13.2 Å². The van der Waals surface area contributed by atoms with E-state index in [1.807, 2.05) is 14.2 Å². The van der Waals surface area contributed by atoms with Crippen molar-refractivity contribution in [2.24, 2.45) is 0 Å². The van der Waals surface area contributed by atoms with Gasteiger partial charge in [-0.3, -0.25) is 0 Å². The first-order valence-corrected chi connectivity index (χ1v) is 6.57. The highest BCUT2D eigenvalue weighted by Gasteiger charge is 2.40. The molecule has 0 radical (unpaired) electrons. The lowest BCUT2D eigenvalue weighted by atomic mass is 9.87. The molecule has 0 heterocycles. The van der Waals surface area contributed by atoms with Gasteiger partial charge in [0.15, 0.2) is 0 Å². The van der Waals surface area contributed by atoms with E-state index in [0.717, 1.165) is 6.42 Å². The standard InChI is InChI=1S/C15H23NO/c1-16-14(12-13-8-4-3-5-9-13)15(17-2)10-6-7-11-15/h3-5,8-9,14,16H,6-7,10-12H2,1-2H3. The number of hydrogen-bond acceptors (Lipinski definition) is 2. The summed E-state index contributed by atoms with van der Waals surface area (Å²) in [6.07, 6.45) is 6.00. The molecule has 1 aliphatic carbocycles. The minimum atomic E-state index is 0.0462. The fraction of sp³-hybridized carbons (Fsp3) is 0.600. The number of ether oxygens (including phenoxy) is 1. The Bertz CT molecular complexity index is 330. The predicted octanol–water partition coefficient (Wildman–Crippen LogP) is 2.78. The maximum Gasteiger partial charge on any atom is 0.0834 e. The van der Waals surface area contributed by atoms with Crippen LogP contribution in [-0.2, 0) is 11.2 Å². The zero-order valence-electron chi connectivity index (χ0n) is 10.9. The topological polar surface area (TPSA) is 21.3 Å². The lowest BCUT2D eigenvalue weighted by molar-refractivity contribution is -0.0336. The summed E-state index contributed by atoms with van der Waals surface area (Å²) in [5.74, 6) is 0. The Morgan fingerprint density at radius 1 is 1.24 bits per heavy atom. The van der Waals surface area contributed by atoms with Crippen molar-refractivity contribution in [1.29, 1.82) is 0 Å². The van der Waals surface area contributed by atoms with Gasteiger partial charge < -0.3 is 10.1 Å². The van der Waals surface area contributed by atoms with Crippen molar-refractivity contribution in [3.63, 3.8) is 0 Å². The van der Waals surface area contributed by atoms with Crippen molar-refractivity contribution in [1.82, 2.24) is 5.32 Å². The van der Waals surface area contributed by atoms with Crippen LogP contribution >= 0.6 is 0 Å². The van der Waals surface area contributed by atoms with Crippen LogP contribution in [0.4, 0.5) is 0 Å². The second-order valence-electron chi connectivity index (χ2n) is 5.01. The summed E-state index contributed by atoms with van der Waals surface area (Å²) in [7, 11) is 3.91. The molecule has 0 bridgehead atoms. The number of methoxy groups -OCH3 is 1. The molecule has 1 aromatic carbocycles. The highest BCUT2D eigenvalue weighted by atomic mass is 16.5. The molecule has 17 heavy (non-hydrogen) atoms. The first-order valence-electron chi connectivity index (χ1n) is 6.57. The first-order chi connectivity index (χ1) is 8.30. The Kier molecular flexibility index (Phi) is 4.19. The maximum absolute atomic E-state index is 5.86. The molecule has 0 amide bonds. The van der Waals surface area contributed by atoms with Crippen LogP contribution in [0.5, 0.6) is 0 Å². The highest BCUT2D eigenvalue weighted by Crippen LogP contribution is 2.36. The van der Waals surface area contributed by atoms with Crippen molar-refractivity contribution >= 4 is 0 Å². The van der Waals surface area contributed by atoms with Gasteiger partial charge in [0.25, 0.3) is 0 Å². The number of rotatable bonds is 5. The molecule has 0 aliphatic heterocycles. The van der Waals surface area contributed by atoms with Crippen molar-refractivity contribution in [2.45, 2.75) is 43.7 Å². The van der Waals surface area contributed by atoms with Gasteiger partial charge in [0.05, 0.1) is 5.60 Å². The van der Waals surface area contributed by atoms with Gasteiger partial charge in [-0.2, -0.15) is 0 Å². The van der Waals surface area contributed by atoms with Gasteiger partial charge in [-0.25, -0.2) is 0 Å². The van der Waals surface area contributed by atoms with E-state index in [4.69, 9.17) is 4.74 Å². The molecule has 1 aliphatic rings. The van der Waals surface area contributed by atoms with Crippen LogP contribution in [0, 0.1) is 0 Å². The predicted molar refractivity (Wildman–Crippen MR) is 71.2 cm³/mol. The Morgan fingerprint density at radius 2 is 1.88 bits per heavy atom. The van der Waals surface area contributed by atoms with Gasteiger partial charge >= 0.3 is 0 Å². The molecule has 0 saturated heterocycles. The molecule has 2 rings (SSSR count). The van der Waals surface area contributed by atoms with Crippen LogP contribution in [0.15, 0.2) is 30.3 Å². The molecular formula is C15H23NO. The lowest BCUT2D eigenvalue weighted by Crippen LogP contribution is -2.50. The minimum Gasteiger partial charge on any atom is -0.377 e. The van der Waals surface area contributed by atoms with E-state index in [-0.39, 0.29) is 5.60 Å². The minimum absolute atomic E-state index is 0.0462. The SMILES string of the molecule is CNC(Cc1ccccc1)C1(OC)CCCC1. The number of hydrogen-bond donors (Lipinski definition) is 1. The van der Waals surface area contributed by atoms with Gasteiger partial charge in [-0.05, 0) is 31.9 Å². The van der Waals surface area contributed by atoms with E-state index in [0.29, 0.717) is 6.04 Å². The van der Waals surface area contributed by atoms with Crippen LogP contribution in [0.2, 0.25) is 0 Å². The quantitative estimate of drug-likeness (QED) is 0.844. The van der Waals surface area contributed by atoms with Crippen LogP contribution < -0.4 is 5.32 Å². The molecule has 1 atom stereocenters. The van der Waals surface area contributed by atoms with Gasteiger partial charge in [0.1, 0.15) is 0 Å². The summed E-state index contributed by atoms with van der Waals surface area (Å²) in [6, 6.07) is 11.1. The first kappa shape index (κ1) is 12.6. The third kappa shape index (κ3) is 2.70. The summed E-state index contributed by atoms with van der Waals surface area (Å²) in [5, 5.41) is 3.46. The monoisotopic (exact) mass is 233 g/mol. The van der Waals surface area contributed by atoms with Crippen LogP contribution in [0.1, 0.15) is 31.2 Å². The Labute approximate surface area is 104 Å². The summed E-state index contributed by atoms with van der Waals surface area (Å²) < 4.78 is 5.86. The maximum atomic E-state index is 5.86. The molecule has 94 valence electrons. The Morgan fingerprint density at radius 3 is 2.41 bits per heavy atom. The fourth-order valence-corrected chi connectivity index (χ4v) is 3.07. The molecule has 1 unspecified atom stereocenters. The van der Waals surface area contributed by atoms with Gasteiger partial charge in [-0.15, -0.1) is 0 Å². The number of benzene rings is 1. The van der Waals surface area contributed by atoms with E-state index in [9.17, 15) is 0 Å². The second-order valence-corrected chi connectivity index (χ2v) is 5.01. The molecule has 1 aromatic rings. The van der Waals surface area contributed by atoms with Gasteiger partial charge in [-0.1, -0.05) is 43.2 Å². The molecule has 1 N–H and O–H groups in total. The number of nitrogens with one attached hydrogen (secondary N) is 1. The van der Waals surface area contributed by atoms with E-state index in [1.54, 1.807) is 0 Å².